The number of thiocarbonyl (C=S) groups is 1. The summed E-state index contributed by atoms with van der Waals surface area (Å²) in [5.74, 6) is -0.0367. The number of guanidine groups is 1. The Balaban J connectivity index is 3.06. The van der Waals surface area contributed by atoms with E-state index in [0.717, 1.165) is 17.7 Å². The SMILES string of the molecule is CCc1cc(C)cc(C)c1NC(=S)N=C(N)N. The number of nitrogens with one attached hydrogen (secondary N) is 1. The van der Waals surface area contributed by atoms with E-state index in [1.165, 1.54) is 11.1 Å². The lowest BCUT2D eigenvalue weighted by Gasteiger charge is -2.14. The zero-order valence-corrected chi connectivity index (χ0v) is 11.2. The number of rotatable bonds is 2. The number of nitrogens with zero attached hydrogens (tertiary/aromatic N) is 1. The van der Waals surface area contributed by atoms with Gasteiger partial charge in [-0.3, -0.25) is 0 Å². The van der Waals surface area contributed by atoms with Crippen molar-refractivity contribution in [2.24, 2.45) is 16.5 Å². The molecule has 5 N–H and O–H groups in total. The molecule has 0 bridgehead atoms. The quantitative estimate of drug-likeness (QED) is 0.425. The van der Waals surface area contributed by atoms with Crippen LogP contribution in [0.1, 0.15) is 23.6 Å². The molecule has 0 saturated heterocycles. The van der Waals surface area contributed by atoms with E-state index in [4.69, 9.17) is 23.7 Å². The predicted octanol–water partition coefficient (Wildman–Crippen LogP) is 1.84. The van der Waals surface area contributed by atoms with Crippen LogP contribution in [-0.2, 0) is 6.42 Å². The van der Waals surface area contributed by atoms with E-state index >= 15 is 0 Å². The molecule has 0 aromatic heterocycles. The molecule has 0 spiro atoms. The summed E-state index contributed by atoms with van der Waals surface area (Å²) < 4.78 is 0. The Morgan fingerprint density at radius 1 is 1.35 bits per heavy atom. The molecule has 0 aliphatic rings. The van der Waals surface area contributed by atoms with E-state index in [1.54, 1.807) is 0 Å². The molecule has 0 amide bonds. The standard InChI is InChI=1S/C12H18N4S/c1-4-9-6-7(2)5-8(3)10(9)15-12(17)16-11(13)14/h5-6H,4H2,1-3H3,(H5,13,14,15,16,17). The highest BCUT2D eigenvalue weighted by Gasteiger charge is 2.07. The van der Waals surface area contributed by atoms with E-state index in [9.17, 15) is 0 Å². The maximum Gasteiger partial charge on any atom is 0.200 e. The molecule has 1 aromatic carbocycles. The number of benzene rings is 1. The second-order valence-electron chi connectivity index (χ2n) is 3.94. The smallest absolute Gasteiger partial charge is 0.200 e. The average molecular weight is 250 g/mol. The van der Waals surface area contributed by atoms with Gasteiger partial charge in [-0.05, 0) is 43.6 Å². The van der Waals surface area contributed by atoms with Crippen molar-refractivity contribution in [2.45, 2.75) is 27.2 Å². The molecular formula is C12H18N4S. The summed E-state index contributed by atoms with van der Waals surface area (Å²) in [7, 11) is 0. The first-order valence-corrected chi connectivity index (χ1v) is 5.85. The zero-order valence-electron chi connectivity index (χ0n) is 10.4. The molecule has 17 heavy (non-hydrogen) atoms. The molecule has 0 saturated carbocycles. The van der Waals surface area contributed by atoms with E-state index in [0.29, 0.717) is 0 Å². The Bertz CT molecular complexity index is 462. The summed E-state index contributed by atoms with van der Waals surface area (Å²) in [6.07, 6.45) is 0.926. The predicted molar refractivity (Wildman–Crippen MR) is 77.3 cm³/mol. The van der Waals surface area contributed by atoms with Crippen LogP contribution in [0, 0.1) is 13.8 Å². The van der Waals surface area contributed by atoms with Crippen LogP contribution in [0.4, 0.5) is 5.69 Å². The molecule has 1 rings (SSSR count). The first-order chi connectivity index (χ1) is 7.93. The Morgan fingerprint density at radius 3 is 2.53 bits per heavy atom. The van der Waals surface area contributed by atoms with Gasteiger partial charge in [-0.1, -0.05) is 24.6 Å². The molecule has 0 aliphatic heterocycles. The highest BCUT2D eigenvalue weighted by atomic mass is 32.1. The van der Waals surface area contributed by atoms with Gasteiger partial charge >= 0.3 is 0 Å². The molecule has 92 valence electrons. The Morgan fingerprint density at radius 2 is 2.00 bits per heavy atom. The monoisotopic (exact) mass is 250 g/mol. The van der Waals surface area contributed by atoms with Crippen LogP contribution >= 0.6 is 12.2 Å². The lowest BCUT2D eigenvalue weighted by molar-refractivity contribution is 1.12. The van der Waals surface area contributed by atoms with E-state index in [1.807, 2.05) is 6.92 Å². The van der Waals surface area contributed by atoms with Crippen LogP contribution in [-0.4, -0.2) is 11.1 Å². The van der Waals surface area contributed by atoms with E-state index < -0.39 is 0 Å². The maximum atomic E-state index is 5.28. The summed E-state index contributed by atoms with van der Waals surface area (Å²) in [6, 6.07) is 4.23. The Kier molecular flexibility index (Phi) is 4.45. The van der Waals surface area contributed by atoms with Gasteiger partial charge in [-0.25, -0.2) is 0 Å². The van der Waals surface area contributed by atoms with Crippen LogP contribution in [0.2, 0.25) is 0 Å². The molecule has 0 atom stereocenters. The van der Waals surface area contributed by atoms with Crippen molar-refractivity contribution >= 4 is 29.0 Å². The summed E-state index contributed by atoms with van der Waals surface area (Å²) >= 11 is 5.05. The van der Waals surface area contributed by atoms with E-state index in [-0.39, 0.29) is 11.1 Å². The minimum atomic E-state index is -0.0367. The number of aliphatic imine (C=N–C) groups is 1. The second-order valence-corrected chi connectivity index (χ2v) is 4.32. The summed E-state index contributed by atoms with van der Waals surface area (Å²) in [5.41, 5.74) is 15.1. The number of nitrogens with two attached hydrogens (primary N) is 2. The van der Waals surface area contributed by atoms with Crippen molar-refractivity contribution < 1.29 is 0 Å². The largest absolute Gasteiger partial charge is 0.370 e. The number of aryl methyl sites for hydroxylation is 3. The fraction of sp³-hybridized carbons (Fsp3) is 0.333. The average Bonchev–Trinajstić information content (AvgIpc) is 2.20. The molecule has 0 radical (unpaired) electrons. The van der Waals surface area contributed by atoms with Crippen LogP contribution < -0.4 is 16.8 Å². The third-order valence-corrected chi connectivity index (χ3v) is 2.60. The highest BCUT2D eigenvalue weighted by Crippen LogP contribution is 2.23. The van der Waals surface area contributed by atoms with Gasteiger partial charge in [0.15, 0.2) is 5.96 Å². The normalized spacial score (nSPS) is 9.82. The summed E-state index contributed by atoms with van der Waals surface area (Å²) in [5, 5.41) is 3.36. The van der Waals surface area contributed by atoms with Crippen LogP contribution in [0.15, 0.2) is 17.1 Å². The first kappa shape index (κ1) is 13.4. The van der Waals surface area contributed by atoms with Crippen LogP contribution in [0.5, 0.6) is 0 Å². The Labute approximate surface area is 107 Å². The van der Waals surface area contributed by atoms with Gasteiger partial charge < -0.3 is 16.8 Å². The van der Waals surface area contributed by atoms with Gasteiger partial charge in [0, 0.05) is 5.69 Å². The van der Waals surface area contributed by atoms with Gasteiger partial charge in [-0.15, -0.1) is 0 Å². The third kappa shape index (κ3) is 3.71. The highest BCUT2D eigenvalue weighted by molar-refractivity contribution is 7.80. The Hall–Kier alpha value is -1.62. The van der Waals surface area contributed by atoms with E-state index in [2.05, 4.69) is 36.3 Å². The fourth-order valence-corrected chi connectivity index (χ4v) is 1.97. The molecular weight excluding hydrogens is 232 g/mol. The van der Waals surface area contributed by atoms with Crippen molar-refractivity contribution in [3.63, 3.8) is 0 Å². The van der Waals surface area contributed by atoms with Crippen LogP contribution in [0.25, 0.3) is 0 Å². The number of anilines is 1. The van der Waals surface area contributed by atoms with Crippen molar-refractivity contribution in [3.05, 3.63) is 28.8 Å². The molecule has 0 fully saturated rings. The van der Waals surface area contributed by atoms with Gasteiger partial charge in [0.1, 0.15) is 0 Å². The number of hydrogen-bond acceptors (Lipinski definition) is 1. The minimum absolute atomic E-state index is 0.0367. The van der Waals surface area contributed by atoms with Crippen molar-refractivity contribution in [3.8, 4) is 0 Å². The number of hydrogen-bond donors (Lipinski definition) is 3. The van der Waals surface area contributed by atoms with Gasteiger partial charge in [0.05, 0.1) is 0 Å². The zero-order chi connectivity index (χ0) is 13.0. The molecule has 0 aliphatic carbocycles. The van der Waals surface area contributed by atoms with Gasteiger partial charge in [0.25, 0.3) is 0 Å². The van der Waals surface area contributed by atoms with Crippen molar-refractivity contribution in [2.75, 3.05) is 5.32 Å². The van der Waals surface area contributed by atoms with Gasteiger partial charge in [-0.2, -0.15) is 4.99 Å². The molecule has 4 nitrogen and oxygen atoms in total. The van der Waals surface area contributed by atoms with Crippen molar-refractivity contribution in [1.82, 2.24) is 0 Å². The van der Waals surface area contributed by atoms with Crippen LogP contribution in [0.3, 0.4) is 0 Å². The minimum Gasteiger partial charge on any atom is -0.370 e. The molecule has 0 heterocycles. The summed E-state index contributed by atoms with van der Waals surface area (Å²) in [6.45, 7) is 6.21. The fourth-order valence-electron chi connectivity index (χ4n) is 1.77. The maximum absolute atomic E-state index is 5.28. The summed E-state index contributed by atoms with van der Waals surface area (Å²) in [4.78, 5) is 3.80. The molecule has 1 aromatic rings. The first-order valence-electron chi connectivity index (χ1n) is 5.44. The third-order valence-electron chi connectivity index (χ3n) is 2.41. The lowest BCUT2D eigenvalue weighted by atomic mass is 10.0. The van der Waals surface area contributed by atoms with Crippen molar-refractivity contribution in [1.29, 1.82) is 0 Å². The molecule has 5 heteroatoms. The second kappa shape index (κ2) is 5.63. The molecule has 0 unspecified atom stereocenters. The van der Waals surface area contributed by atoms with Gasteiger partial charge in [0.2, 0.25) is 5.11 Å². The topological polar surface area (TPSA) is 76.4 Å². The lowest BCUT2D eigenvalue weighted by Crippen LogP contribution is -2.25.